The highest BCUT2D eigenvalue weighted by Crippen LogP contribution is 2.51. The van der Waals surface area contributed by atoms with Gasteiger partial charge in [-0.05, 0) is 132 Å². The Labute approximate surface area is 347 Å². The van der Waals surface area contributed by atoms with E-state index in [1.165, 1.54) is 54.6 Å². The van der Waals surface area contributed by atoms with Gasteiger partial charge in [-0.15, -0.1) is 0 Å². The van der Waals surface area contributed by atoms with Crippen LogP contribution in [0, 0.1) is 27.7 Å². The maximum Gasteiger partial charge on any atom is 0.159 e. The second-order valence-electron chi connectivity index (χ2n) is 16.5. The van der Waals surface area contributed by atoms with E-state index in [0.717, 1.165) is 78.0 Å². The van der Waals surface area contributed by atoms with E-state index in [9.17, 15) is 0 Å². The van der Waals surface area contributed by atoms with Crippen LogP contribution in [0.4, 0.5) is 34.1 Å². The molecule has 286 valence electrons. The molecule has 0 spiro atoms. The van der Waals surface area contributed by atoms with Crippen LogP contribution in [-0.4, -0.2) is 0 Å². The van der Waals surface area contributed by atoms with Crippen LogP contribution < -0.4 is 9.80 Å². The summed E-state index contributed by atoms with van der Waals surface area (Å²) in [5, 5.41) is 11.6. The van der Waals surface area contributed by atoms with Crippen molar-refractivity contribution in [1.29, 1.82) is 0 Å². The van der Waals surface area contributed by atoms with E-state index in [2.05, 4.69) is 195 Å². The molecule has 4 heteroatoms. The van der Waals surface area contributed by atoms with Crippen molar-refractivity contribution in [2.75, 3.05) is 9.80 Å². The smallest absolute Gasteiger partial charge is 0.159 e. The van der Waals surface area contributed by atoms with E-state index in [1.54, 1.807) is 0 Å². The molecule has 0 saturated carbocycles. The molecule has 0 atom stereocenters. The molecule has 0 aliphatic heterocycles. The van der Waals surface area contributed by atoms with Crippen molar-refractivity contribution in [3.63, 3.8) is 0 Å². The molecule has 4 nitrogen and oxygen atoms in total. The maximum atomic E-state index is 6.75. The van der Waals surface area contributed by atoms with E-state index in [-0.39, 0.29) is 0 Å². The van der Waals surface area contributed by atoms with Gasteiger partial charge in [-0.3, -0.25) is 0 Å². The van der Waals surface area contributed by atoms with E-state index in [1.807, 2.05) is 12.1 Å². The number of nitrogens with zero attached hydrogens (tertiary/aromatic N) is 2. The van der Waals surface area contributed by atoms with E-state index < -0.39 is 0 Å². The number of rotatable bonds is 6. The average Bonchev–Trinajstić information content (AvgIpc) is 3.82. The standard InChI is InChI=1S/C56H40N2O2/c1-33-25-34(2)28-39(27-33)57(47-21-11-17-43-41-15-5-7-23-51(41)59-55(43)47)49-31-37-13-10-20-46-50(32-38-14-9-19-45(49)53(38)54(37)46)58(40-29-35(3)26-36(4)30-40)48-22-12-18-44-42-16-6-8-24-52(42)60-56(44)48/h5-32H,1-4H3. The largest absolute Gasteiger partial charge is 0.454 e. The topological polar surface area (TPSA) is 32.8 Å². The molecule has 0 N–H and O–H groups in total. The van der Waals surface area contributed by atoms with Crippen molar-refractivity contribution in [3.05, 3.63) is 192 Å². The Morgan fingerprint density at radius 3 is 1.12 bits per heavy atom. The second-order valence-corrected chi connectivity index (χ2v) is 16.5. The molecule has 0 unspecified atom stereocenters. The lowest BCUT2D eigenvalue weighted by atomic mass is 9.90. The molecule has 0 radical (unpaired) electrons. The monoisotopic (exact) mass is 772 g/mol. The van der Waals surface area contributed by atoms with Gasteiger partial charge in [0.05, 0.1) is 22.7 Å². The lowest BCUT2D eigenvalue weighted by molar-refractivity contribution is 0.668. The van der Waals surface area contributed by atoms with Crippen LogP contribution in [0.2, 0.25) is 0 Å². The molecule has 10 aromatic carbocycles. The highest BCUT2D eigenvalue weighted by molar-refractivity contribution is 6.30. The Hall–Kier alpha value is -7.56. The maximum absolute atomic E-state index is 6.75. The van der Waals surface area contributed by atoms with E-state index in [4.69, 9.17) is 8.83 Å². The molecule has 0 bridgehead atoms. The summed E-state index contributed by atoms with van der Waals surface area (Å²) in [7, 11) is 0. The molecule has 0 fully saturated rings. The van der Waals surface area contributed by atoms with Gasteiger partial charge in [-0.1, -0.05) is 109 Å². The fourth-order valence-corrected chi connectivity index (χ4v) is 9.98. The van der Waals surface area contributed by atoms with Gasteiger partial charge in [0.25, 0.3) is 0 Å². The van der Waals surface area contributed by atoms with Crippen LogP contribution in [-0.2, 0) is 0 Å². The SMILES string of the molecule is Cc1cc(C)cc(N(c2cc3cccc4c(N(c5cc(C)cc(C)c5)c5cccc6c5oc5ccccc56)cc5cccc2c5c34)c2cccc3c2oc2ccccc23)c1. The summed E-state index contributed by atoms with van der Waals surface area (Å²) in [5.41, 5.74) is 14.7. The van der Waals surface area contributed by atoms with Crippen molar-refractivity contribution in [2.45, 2.75) is 27.7 Å². The zero-order valence-corrected chi connectivity index (χ0v) is 33.9. The molecule has 12 rings (SSSR count). The number of fused-ring (bicyclic) bond motifs is 6. The molecule has 0 amide bonds. The molecule has 12 aromatic rings. The van der Waals surface area contributed by atoms with Gasteiger partial charge in [0.1, 0.15) is 11.2 Å². The van der Waals surface area contributed by atoms with Gasteiger partial charge >= 0.3 is 0 Å². The lowest BCUT2D eigenvalue weighted by Crippen LogP contribution is -2.13. The Balaban J connectivity index is 1.17. The van der Waals surface area contributed by atoms with Gasteiger partial charge < -0.3 is 18.6 Å². The fourth-order valence-electron chi connectivity index (χ4n) is 9.98. The first-order valence-corrected chi connectivity index (χ1v) is 20.7. The van der Waals surface area contributed by atoms with Gasteiger partial charge in [0.15, 0.2) is 11.2 Å². The zero-order valence-electron chi connectivity index (χ0n) is 33.9. The number of benzene rings is 10. The first-order valence-electron chi connectivity index (χ1n) is 20.7. The Kier molecular flexibility index (Phi) is 7.45. The second kappa shape index (κ2) is 13.0. The van der Waals surface area contributed by atoms with Crippen molar-refractivity contribution < 1.29 is 8.83 Å². The molecule has 2 aromatic heterocycles. The summed E-state index contributed by atoms with van der Waals surface area (Å²) in [6.45, 7) is 8.71. The third-order valence-electron chi connectivity index (χ3n) is 12.2. The molecule has 0 aliphatic carbocycles. The number of hydrogen-bond donors (Lipinski definition) is 0. The minimum absolute atomic E-state index is 0.870. The number of aryl methyl sites for hydroxylation is 4. The van der Waals surface area contributed by atoms with Crippen molar-refractivity contribution in [3.8, 4) is 0 Å². The predicted octanol–water partition coefficient (Wildman–Crippen LogP) is 16.6. The van der Waals surface area contributed by atoms with Crippen LogP contribution >= 0.6 is 0 Å². The van der Waals surface area contributed by atoms with Crippen LogP contribution in [0.3, 0.4) is 0 Å². The molecule has 60 heavy (non-hydrogen) atoms. The highest BCUT2D eigenvalue weighted by atomic mass is 16.3. The summed E-state index contributed by atoms with van der Waals surface area (Å²) in [6, 6.07) is 61.6. The normalized spacial score (nSPS) is 12.0. The van der Waals surface area contributed by atoms with Crippen LogP contribution in [0.1, 0.15) is 22.3 Å². The summed E-state index contributed by atoms with van der Waals surface area (Å²) < 4.78 is 13.5. The van der Waals surface area contributed by atoms with Gasteiger partial charge in [-0.25, -0.2) is 0 Å². The van der Waals surface area contributed by atoms with Crippen molar-refractivity contribution in [2.24, 2.45) is 0 Å². The summed E-state index contributed by atoms with van der Waals surface area (Å²) >= 11 is 0. The average molecular weight is 773 g/mol. The number of hydrogen-bond acceptors (Lipinski definition) is 4. The quantitative estimate of drug-likeness (QED) is 0.158. The molecular formula is C56H40N2O2. The fraction of sp³-hybridized carbons (Fsp3) is 0.0714. The predicted molar refractivity (Wildman–Crippen MR) is 253 cm³/mol. The van der Waals surface area contributed by atoms with Gasteiger partial charge in [0.2, 0.25) is 0 Å². The number of anilines is 6. The third kappa shape index (κ3) is 5.17. The first-order chi connectivity index (χ1) is 29.4. The Morgan fingerprint density at radius 1 is 0.317 bits per heavy atom. The van der Waals surface area contributed by atoms with Crippen molar-refractivity contribution in [1.82, 2.24) is 0 Å². The minimum atomic E-state index is 0.870. The van der Waals surface area contributed by atoms with Gasteiger partial charge in [0, 0.05) is 43.7 Å². The molecule has 2 heterocycles. The van der Waals surface area contributed by atoms with E-state index >= 15 is 0 Å². The summed E-state index contributed by atoms with van der Waals surface area (Å²) in [5.74, 6) is 0. The van der Waals surface area contributed by atoms with Crippen LogP contribution in [0.25, 0.3) is 76.2 Å². The van der Waals surface area contributed by atoms with Crippen molar-refractivity contribution >= 4 is 110 Å². The number of furan rings is 2. The Morgan fingerprint density at radius 2 is 0.683 bits per heavy atom. The lowest BCUT2D eigenvalue weighted by Gasteiger charge is -2.31. The number of para-hydroxylation sites is 4. The Bertz CT molecular complexity index is 3400. The zero-order chi connectivity index (χ0) is 40.2. The van der Waals surface area contributed by atoms with Gasteiger partial charge in [-0.2, -0.15) is 0 Å². The summed E-state index contributed by atoms with van der Waals surface area (Å²) in [6.07, 6.45) is 0. The van der Waals surface area contributed by atoms with Crippen LogP contribution in [0.5, 0.6) is 0 Å². The molecule has 0 saturated heterocycles. The third-order valence-corrected chi connectivity index (χ3v) is 12.2. The summed E-state index contributed by atoms with van der Waals surface area (Å²) in [4.78, 5) is 4.83. The van der Waals surface area contributed by atoms with Crippen LogP contribution in [0.15, 0.2) is 179 Å². The van der Waals surface area contributed by atoms with E-state index in [0.29, 0.717) is 0 Å². The highest BCUT2D eigenvalue weighted by Gasteiger charge is 2.27. The molecule has 0 aliphatic rings. The minimum Gasteiger partial charge on any atom is -0.454 e. The first kappa shape index (κ1) is 34.5. The molecular weight excluding hydrogens is 733 g/mol.